The Labute approximate surface area is 192 Å². The van der Waals surface area contributed by atoms with E-state index in [1.165, 1.54) is 0 Å². The summed E-state index contributed by atoms with van der Waals surface area (Å²) in [6, 6.07) is 18.8. The van der Waals surface area contributed by atoms with Crippen LogP contribution in [0.5, 0.6) is 5.75 Å². The van der Waals surface area contributed by atoms with Gasteiger partial charge in [0, 0.05) is 43.3 Å². The molecule has 2 aliphatic rings. The van der Waals surface area contributed by atoms with Crippen LogP contribution < -0.4 is 15.4 Å². The van der Waals surface area contributed by atoms with Crippen molar-refractivity contribution in [2.24, 2.45) is 0 Å². The lowest BCUT2D eigenvalue weighted by molar-refractivity contribution is -0.118. The molecule has 8 heteroatoms. The Morgan fingerprint density at radius 3 is 2.76 bits per heavy atom. The highest BCUT2D eigenvalue weighted by Crippen LogP contribution is 2.32. The molecule has 3 aromatic rings. The van der Waals surface area contributed by atoms with E-state index in [1.54, 1.807) is 17.3 Å². The standard InChI is InChI=1S/C25H25N5O3/c31-24-16-29-11-12-30(25(32)27-20-6-2-1-3-7-20)15-21(29)17-33-23-9-8-18(13-22(23)28-24)19-5-4-10-26-14-19/h1-10,13-14,21H,11-12,15-17H2,(H,27,32)(H,28,31)/t21-/m0/s1. The number of rotatable bonds is 2. The molecule has 0 radical (unpaired) electrons. The zero-order valence-corrected chi connectivity index (χ0v) is 18.1. The first-order chi connectivity index (χ1) is 16.2. The monoisotopic (exact) mass is 443 g/mol. The van der Waals surface area contributed by atoms with E-state index in [1.807, 2.05) is 60.7 Å². The van der Waals surface area contributed by atoms with Crippen LogP contribution in [0.15, 0.2) is 73.1 Å². The topological polar surface area (TPSA) is 86.8 Å². The fourth-order valence-electron chi connectivity index (χ4n) is 4.19. The number of carbonyl (C=O) groups is 2. The summed E-state index contributed by atoms with van der Waals surface area (Å²) in [7, 11) is 0. The summed E-state index contributed by atoms with van der Waals surface area (Å²) in [6.07, 6.45) is 3.51. The number of nitrogens with zero attached hydrogens (tertiary/aromatic N) is 3. The van der Waals surface area contributed by atoms with Gasteiger partial charge >= 0.3 is 6.03 Å². The van der Waals surface area contributed by atoms with Crippen LogP contribution in [0, 0.1) is 0 Å². The molecule has 0 spiro atoms. The van der Waals surface area contributed by atoms with E-state index in [4.69, 9.17) is 4.74 Å². The summed E-state index contributed by atoms with van der Waals surface area (Å²) in [6.45, 7) is 2.25. The number of piperazine rings is 1. The third-order valence-corrected chi connectivity index (χ3v) is 5.94. The van der Waals surface area contributed by atoms with Gasteiger partial charge in [0.2, 0.25) is 5.91 Å². The Morgan fingerprint density at radius 2 is 1.94 bits per heavy atom. The number of pyridine rings is 1. The number of urea groups is 1. The van der Waals surface area contributed by atoms with Gasteiger partial charge in [-0.15, -0.1) is 0 Å². The molecule has 1 saturated heterocycles. The lowest BCUT2D eigenvalue weighted by Crippen LogP contribution is -2.58. The SMILES string of the molecule is O=C1CN2CCN(C(=O)Nc3ccccc3)C[C@H]2COc2ccc(-c3cccnc3)cc2N1. The molecular weight excluding hydrogens is 418 g/mol. The van der Waals surface area contributed by atoms with Gasteiger partial charge in [0.1, 0.15) is 12.4 Å². The van der Waals surface area contributed by atoms with Crippen LogP contribution in [0.25, 0.3) is 11.1 Å². The summed E-state index contributed by atoms with van der Waals surface area (Å²) in [5.41, 5.74) is 3.31. The van der Waals surface area contributed by atoms with Crippen LogP contribution in [0.4, 0.5) is 16.2 Å². The second kappa shape index (κ2) is 9.30. The van der Waals surface area contributed by atoms with Crippen molar-refractivity contribution in [3.05, 3.63) is 73.1 Å². The second-order valence-corrected chi connectivity index (χ2v) is 8.18. The van der Waals surface area contributed by atoms with Crippen LogP contribution in [0.1, 0.15) is 0 Å². The van der Waals surface area contributed by atoms with E-state index in [0.717, 1.165) is 16.8 Å². The van der Waals surface area contributed by atoms with Gasteiger partial charge in [0.05, 0.1) is 18.3 Å². The van der Waals surface area contributed by atoms with Gasteiger partial charge in [-0.05, 0) is 35.9 Å². The van der Waals surface area contributed by atoms with Crippen LogP contribution >= 0.6 is 0 Å². The van der Waals surface area contributed by atoms with E-state index < -0.39 is 0 Å². The molecule has 1 fully saturated rings. The highest BCUT2D eigenvalue weighted by molar-refractivity contribution is 5.95. The summed E-state index contributed by atoms with van der Waals surface area (Å²) < 4.78 is 6.13. The van der Waals surface area contributed by atoms with Crippen molar-refractivity contribution >= 4 is 23.3 Å². The summed E-state index contributed by atoms with van der Waals surface area (Å²) >= 11 is 0. The largest absolute Gasteiger partial charge is 0.490 e. The van der Waals surface area contributed by atoms with Crippen molar-refractivity contribution in [2.75, 3.05) is 43.4 Å². The summed E-state index contributed by atoms with van der Waals surface area (Å²) in [5, 5.41) is 5.93. The zero-order chi connectivity index (χ0) is 22.6. The Balaban J connectivity index is 1.31. The van der Waals surface area contributed by atoms with E-state index >= 15 is 0 Å². The van der Waals surface area contributed by atoms with Crippen molar-refractivity contribution in [1.29, 1.82) is 0 Å². The molecule has 1 aromatic heterocycles. The fraction of sp³-hybridized carbons (Fsp3) is 0.240. The molecule has 33 heavy (non-hydrogen) atoms. The number of ether oxygens (including phenoxy) is 1. The predicted molar refractivity (Wildman–Crippen MR) is 126 cm³/mol. The van der Waals surface area contributed by atoms with Crippen molar-refractivity contribution in [2.45, 2.75) is 6.04 Å². The number of hydrogen-bond acceptors (Lipinski definition) is 5. The highest BCUT2D eigenvalue weighted by atomic mass is 16.5. The first-order valence-electron chi connectivity index (χ1n) is 11.0. The van der Waals surface area contributed by atoms with Crippen molar-refractivity contribution in [3.8, 4) is 16.9 Å². The number of hydrogen-bond donors (Lipinski definition) is 2. The van der Waals surface area contributed by atoms with Crippen molar-refractivity contribution < 1.29 is 14.3 Å². The lowest BCUT2D eigenvalue weighted by Gasteiger charge is -2.40. The van der Waals surface area contributed by atoms with Gasteiger partial charge in [-0.2, -0.15) is 0 Å². The molecule has 2 aromatic carbocycles. The first kappa shape index (κ1) is 21.0. The molecule has 0 bridgehead atoms. The molecule has 1 atom stereocenters. The van der Waals surface area contributed by atoms with Gasteiger partial charge in [0.25, 0.3) is 0 Å². The minimum atomic E-state index is -0.147. The molecule has 5 rings (SSSR count). The Hall–Kier alpha value is -3.91. The summed E-state index contributed by atoms with van der Waals surface area (Å²) in [5.74, 6) is 0.515. The zero-order valence-electron chi connectivity index (χ0n) is 18.1. The third-order valence-electron chi connectivity index (χ3n) is 5.94. The van der Waals surface area contributed by atoms with Crippen molar-refractivity contribution in [1.82, 2.24) is 14.8 Å². The molecule has 0 aliphatic carbocycles. The number of aromatic nitrogens is 1. The highest BCUT2D eigenvalue weighted by Gasteiger charge is 2.32. The van der Waals surface area contributed by atoms with Gasteiger partial charge in [-0.25, -0.2) is 4.79 Å². The molecule has 0 saturated carbocycles. The number of nitrogens with one attached hydrogen (secondary N) is 2. The van der Waals surface area contributed by atoms with Gasteiger partial charge in [0.15, 0.2) is 0 Å². The quantitative estimate of drug-likeness (QED) is 0.635. The maximum Gasteiger partial charge on any atom is 0.321 e. The van der Waals surface area contributed by atoms with Crippen LogP contribution in [-0.2, 0) is 4.79 Å². The lowest BCUT2D eigenvalue weighted by atomic mass is 10.1. The average Bonchev–Trinajstić information content (AvgIpc) is 2.91. The van der Waals surface area contributed by atoms with Crippen molar-refractivity contribution in [3.63, 3.8) is 0 Å². The number of benzene rings is 2. The van der Waals surface area contributed by atoms with E-state index in [2.05, 4.69) is 20.5 Å². The normalized spacial score (nSPS) is 18.5. The van der Waals surface area contributed by atoms with Gasteiger partial charge < -0.3 is 20.3 Å². The summed E-state index contributed by atoms with van der Waals surface area (Å²) in [4.78, 5) is 33.6. The maximum atomic E-state index is 12.8. The fourth-order valence-corrected chi connectivity index (χ4v) is 4.19. The van der Waals surface area contributed by atoms with E-state index in [-0.39, 0.29) is 24.5 Å². The third kappa shape index (κ3) is 4.80. The molecule has 168 valence electrons. The molecule has 2 N–H and O–H groups in total. The molecule has 3 heterocycles. The maximum absolute atomic E-state index is 12.8. The smallest absolute Gasteiger partial charge is 0.321 e. The minimum absolute atomic E-state index is 0.0880. The predicted octanol–water partition coefficient (Wildman–Crippen LogP) is 3.30. The number of para-hydroxylation sites is 1. The Kier molecular flexibility index (Phi) is 5.91. The average molecular weight is 444 g/mol. The Bertz CT molecular complexity index is 1140. The number of amides is 3. The number of fused-ring (bicyclic) bond motifs is 2. The van der Waals surface area contributed by atoms with Gasteiger partial charge in [-0.1, -0.05) is 30.3 Å². The van der Waals surface area contributed by atoms with Crippen LogP contribution in [0.3, 0.4) is 0 Å². The number of anilines is 2. The van der Waals surface area contributed by atoms with E-state index in [0.29, 0.717) is 37.7 Å². The molecule has 2 aliphatic heterocycles. The van der Waals surface area contributed by atoms with E-state index in [9.17, 15) is 9.59 Å². The molecule has 8 nitrogen and oxygen atoms in total. The van der Waals surface area contributed by atoms with Crippen LogP contribution in [0.2, 0.25) is 0 Å². The van der Waals surface area contributed by atoms with Crippen LogP contribution in [-0.4, -0.2) is 65.5 Å². The molecular formula is C25H25N5O3. The van der Waals surface area contributed by atoms with Gasteiger partial charge in [-0.3, -0.25) is 14.7 Å². The minimum Gasteiger partial charge on any atom is -0.490 e. The second-order valence-electron chi connectivity index (χ2n) is 8.18. The molecule has 3 amide bonds. The number of carbonyl (C=O) groups excluding carboxylic acids is 2. The molecule has 0 unspecified atom stereocenters. The first-order valence-corrected chi connectivity index (χ1v) is 11.0. The Morgan fingerprint density at radius 1 is 1.06 bits per heavy atom.